The number of aromatic hydroxyl groups is 1. The minimum Gasteiger partial charge on any atom is -0.508 e. The number of benzene rings is 2. The molecule has 4 aromatic rings. The zero-order valence-corrected chi connectivity index (χ0v) is 16.2. The summed E-state index contributed by atoms with van der Waals surface area (Å²) in [5.74, 6) is 2.16. The molecule has 142 valence electrons. The van der Waals surface area contributed by atoms with Gasteiger partial charge in [-0.05, 0) is 46.2 Å². The van der Waals surface area contributed by atoms with E-state index in [2.05, 4.69) is 51.6 Å². The number of nitrogens with zero attached hydrogens (tertiary/aromatic N) is 6. The molecule has 0 aliphatic heterocycles. The molecule has 0 saturated carbocycles. The minimum atomic E-state index is 0.186. The van der Waals surface area contributed by atoms with Crippen LogP contribution in [0.4, 0.5) is 0 Å². The monoisotopic (exact) mass is 394 g/mol. The Hall–Kier alpha value is -3.20. The lowest BCUT2D eigenvalue weighted by atomic mass is 10.0. The fourth-order valence-corrected chi connectivity index (χ4v) is 3.33. The zero-order chi connectivity index (χ0) is 19.5. The van der Waals surface area contributed by atoms with Gasteiger partial charge in [-0.1, -0.05) is 55.0 Å². The van der Waals surface area contributed by atoms with Crippen LogP contribution in [0.25, 0.3) is 17.1 Å². The first-order valence-corrected chi connectivity index (χ1v) is 9.72. The Kier molecular flexibility index (Phi) is 5.07. The molecule has 8 nitrogen and oxygen atoms in total. The lowest BCUT2D eigenvalue weighted by Crippen LogP contribution is -1.98. The molecule has 0 aliphatic carbocycles. The second kappa shape index (κ2) is 7.81. The van der Waals surface area contributed by atoms with Crippen molar-refractivity contribution in [2.24, 2.45) is 0 Å². The lowest BCUT2D eigenvalue weighted by molar-refractivity contribution is 0.391. The van der Waals surface area contributed by atoms with Gasteiger partial charge in [0.2, 0.25) is 16.9 Å². The van der Waals surface area contributed by atoms with Gasteiger partial charge in [0.25, 0.3) is 0 Å². The summed E-state index contributed by atoms with van der Waals surface area (Å²) in [6.07, 6.45) is 0. The molecule has 0 amide bonds. The predicted octanol–water partition coefficient (Wildman–Crippen LogP) is 3.83. The van der Waals surface area contributed by atoms with Gasteiger partial charge in [-0.25, -0.2) is 0 Å². The van der Waals surface area contributed by atoms with E-state index in [1.54, 1.807) is 28.9 Å². The molecule has 28 heavy (non-hydrogen) atoms. The van der Waals surface area contributed by atoms with Crippen LogP contribution in [0.15, 0.2) is 58.2 Å². The Labute approximate surface area is 165 Å². The van der Waals surface area contributed by atoms with Crippen LogP contribution in [-0.2, 0) is 5.75 Å². The maximum atomic E-state index is 9.42. The van der Waals surface area contributed by atoms with Crippen LogP contribution in [0, 0.1) is 0 Å². The van der Waals surface area contributed by atoms with E-state index in [0.29, 0.717) is 28.5 Å². The highest BCUT2D eigenvalue weighted by Crippen LogP contribution is 2.25. The number of tetrazole rings is 1. The van der Waals surface area contributed by atoms with E-state index in [-0.39, 0.29) is 5.75 Å². The summed E-state index contributed by atoms with van der Waals surface area (Å²) in [5, 5.41) is 25.8. The average Bonchev–Trinajstić information content (AvgIpc) is 3.36. The smallest absolute Gasteiger partial charge is 0.237 e. The number of phenolic OH excluding ortho intramolecular Hbond substituents is 1. The number of thioether (sulfide) groups is 1. The number of hydrogen-bond donors (Lipinski definition) is 1. The van der Waals surface area contributed by atoms with E-state index < -0.39 is 0 Å². The third kappa shape index (κ3) is 3.89. The molecule has 2 aromatic carbocycles. The standard InChI is InChI=1S/C19H18N6O2S/c1-12(2)13-3-5-14(6-4-13)18-20-17(27-22-18)11-28-19-21-23-24-25(19)15-7-9-16(26)10-8-15/h3-10,12,26H,11H2,1-2H3. The number of aromatic nitrogens is 6. The van der Waals surface area contributed by atoms with Gasteiger partial charge in [0.05, 0.1) is 11.4 Å². The predicted molar refractivity (Wildman–Crippen MR) is 104 cm³/mol. The third-order valence-corrected chi connectivity index (χ3v) is 5.07. The van der Waals surface area contributed by atoms with Gasteiger partial charge >= 0.3 is 0 Å². The summed E-state index contributed by atoms with van der Waals surface area (Å²) in [5.41, 5.74) is 2.93. The van der Waals surface area contributed by atoms with Crippen LogP contribution in [0.3, 0.4) is 0 Å². The summed E-state index contributed by atoms with van der Waals surface area (Å²) in [4.78, 5) is 4.46. The van der Waals surface area contributed by atoms with Crippen molar-refractivity contribution in [2.45, 2.75) is 30.7 Å². The summed E-state index contributed by atoms with van der Waals surface area (Å²) < 4.78 is 6.95. The molecule has 2 aromatic heterocycles. The molecule has 0 saturated heterocycles. The second-order valence-corrected chi connectivity index (χ2v) is 7.41. The van der Waals surface area contributed by atoms with Crippen molar-refractivity contribution in [3.8, 4) is 22.8 Å². The molecule has 0 atom stereocenters. The fraction of sp³-hybridized carbons (Fsp3) is 0.211. The van der Waals surface area contributed by atoms with E-state index in [4.69, 9.17) is 4.52 Å². The van der Waals surface area contributed by atoms with Crippen LogP contribution in [0.5, 0.6) is 5.75 Å². The van der Waals surface area contributed by atoms with E-state index >= 15 is 0 Å². The third-order valence-electron chi connectivity index (χ3n) is 4.16. The first-order chi connectivity index (χ1) is 13.6. The van der Waals surface area contributed by atoms with E-state index in [1.165, 1.54) is 17.3 Å². The highest BCUT2D eigenvalue weighted by Gasteiger charge is 2.13. The second-order valence-electron chi connectivity index (χ2n) is 6.47. The van der Waals surface area contributed by atoms with Crippen molar-refractivity contribution in [3.05, 3.63) is 60.0 Å². The van der Waals surface area contributed by atoms with Crippen molar-refractivity contribution < 1.29 is 9.63 Å². The van der Waals surface area contributed by atoms with Crippen molar-refractivity contribution in [3.63, 3.8) is 0 Å². The van der Waals surface area contributed by atoms with E-state index in [0.717, 1.165) is 11.3 Å². The number of phenols is 1. The molecule has 0 aliphatic rings. The van der Waals surface area contributed by atoms with Crippen LogP contribution in [0.1, 0.15) is 31.2 Å². The topological polar surface area (TPSA) is 103 Å². The lowest BCUT2D eigenvalue weighted by Gasteiger charge is -2.04. The van der Waals surface area contributed by atoms with Gasteiger partial charge in [-0.2, -0.15) is 9.67 Å². The molecule has 9 heteroatoms. The van der Waals surface area contributed by atoms with E-state index in [9.17, 15) is 5.11 Å². The van der Waals surface area contributed by atoms with Crippen LogP contribution < -0.4 is 0 Å². The van der Waals surface area contributed by atoms with E-state index in [1.807, 2.05) is 12.1 Å². The molecule has 0 radical (unpaired) electrons. The molecule has 1 N–H and O–H groups in total. The number of rotatable bonds is 6. The van der Waals surface area contributed by atoms with Crippen LogP contribution >= 0.6 is 11.8 Å². The normalized spacial score (nSPS) is 11.2. The molecule has 0 bridgehead atoms. The van der Waals surface area contributed by atoms with Crippen molar-refractivity contribution >= 4 is 11.8 Å². The summed E-state index contributed by atoms with van der Waals surface area (Å²) in [7, 11) is 0. The Morgan fingerprint density at radius 1 is 1.07 bits per heavy atom. The quantitative estimate of drug-likeness (QED) is 0.492. The van der Waals surface area contributed by atoms with Gasteiger partial charge < -0.3 is 9.63 Å². The molecule has 4 rings (SSSR count). The van der Waals surface area contributed by atoms with Crippen molar-refractivity contribution in [2.75, 3.05) is 0 Å². The first kappa shape index (κ1) is 18.2. The van der Waals surface area contributed by atoms with Gasteiger partial charge in [0.1, 0.15) is 5.75 Å². The number of hydrogen-bond acceptors (Lipinski definition) is 8. The summed E-state index contributed by atoms with van der Waals surface area (Å²) in [6, 6.07) is 14.8. The Morgan fingerprint density at radius 2 is 1.82 bits per heavy atom. The SMILES string of the molecule is CC(C)c1ccc(-c2noc(CSc3nnnn3-c3ccc(O)cc3)n2)cc1. The fourth-order valence-electron chi connectivity index (χ4n) is 2.60. The van der Waals surface area contributed by atoms with Gasteiger partial charge in [0, 0.05) is 5.56 Å². The molecule has 0 spiro atoms. The minimum absolute atomic E-state index is 0.186. The van der Waals surface area contributed by atoms with Crippen molar-refractivity contribution in [1.29, 1.82) is 0 Å². The molecule has 0 fully saturated rings. The summed E-state index contributed by atoms with van der Waals surface area (Å²) in [6.45, 7) is 4.31. The highest BCUT2D eigenvalue weighted by atomic mass is 32.2. The Bertz CT molecular complexity index is 1060. The van der Waals surface area contributed by atoms with Gasteiger partial charge in [-0.3, -0.25) is 0 Å². The van der Waals surface area contributed by atoms with Crippen LogP contribution in [-0.4, -0.2) is 35.5 Å². The Morgan fingerprint density at radius 3 is 2.54 bits per heavy atom. The van der Waals surface area contributed by atoms with Gasteiger partial charge in [-0.15, -0.1) is 5.10 Å². The maximum Gasteiger partial charge on any atom is 0.237 e. The first-order valence-electron chi connectivity index (χ1n) is 8.73. The largest absolute Gasteiger partial charge is 0.508 e. The molecule has 2 heterocycles. The van der Waals surface area contributed by atoms with Crippen LogP contribution in [0.2, 0.25) is 0 Å². The maximum absolute atomic E-state index is 9.42. The van der Waals surface area contributed by atoms with Crippen molar-refractivity contribution in [1.82, 2.24) is 30.3 Å². The molecule has 0 unspecified atom stereocenters. The average molecular weight is 394 g/mol. The molecular weight excluding hydrogens is 376 g/mol. The zero-order valence-electron chi connectivity index (χ0n) is 15.4. The molecular formula is C19H18N6O2S. The Balaban J connectivity index is 1.46. The highest BCUT2D eigenvalue weighted by molar-refractivity contribution is 7.98. The summed E-state index contributed by atoms with van der Waals surface area (Å²) >= 11 is 1.39. The van der Waals surface area contributed by atoms with Gasteiger partial charge in [0.15, 0.2) is 0 Å².